The SMILES string of the molecule is C=CCCCCOC(=O)[C@@H]1[C@@H]2CCC3(O2)C(C(=O)N(CC=C)Cn2nnc4ccccc42)N(CCCCCCO)C(=O)[C@H]13. The summed E-state index contributed by atoms with van der Waals surface area (Å²) in [5.74, 6) is -2.40. The van der Waals surface area contributed by atoms with Crippen molar-refractivity contribution >= 4 is 28.8 Å². The Hall–Kier alpha value is -3.57. The summed E-state index contributed by atoms with van der Waals surface area (Å²) in [5, 5.41) is 17.7. The van der Waals surface area contributed by atoms with Crippen LogP contribution >= 0.6 is 0 Å². The second kappa shape index (κ2) is 13.8. The Morgan fingerprint density at radius 2 is 1.95 bits per heavy atom. The van der Waals surface area contributed by atoms with Crippen LogP contribution in [0.5, 0.6) is 0 Å². The Labute approximate surface area is 252 Å². The fourth-order valence-corrected chi connectivity index (χ4v) is 7.08. The van der Waals surface area contributed by atoms with Crippen LogP contribution in [0.15, 0.2) is 49.6 Å². The summed E-state index contributed by atoms with van der Waals surface area (Å²) in [6.45, 7) is 8.72. The van der Waals surface area contributed by atoms with E-state index >= 15 is 0 Å². The molecular weight excluding hydrogens is 550 g/mol. The van der Waals surface area contributed by atoms with Crippen molar-refractivity contribution in [2.75, 3.05) is 26.3 Å². The molecule has 3 aliphatic heterocycles. The average molecular weight is 594 g/mol. The van der Waals surface area contributed by atoms with Gasteiger partial charge in [-0.15, -0.1) is 18.3 Å². The Balaban J connectivity index is 1.41. The summed E-state index contributed by atoms with van der Waals surface area (Å²) in [4.78, 5) is 45.4. The largest absolute Gasteiger partial charge is 0.465 e. The highest BCUT2D eigenvalue weighted by molar-refractivity contribution is 5.98. The van der Waals surface area contributed by atoms with Gasteiger partial charge in [0.2, 0.25) is 11.8 Å². The van der Waals surface area contributed by atoms with Crippen LogP contribution in [0.3, 0.4) is 0 Å². The lowest BCUT2D eigenvalue weighted by atomic mass is 9.70. The lowest BCUT2D eigenvalue weighted by Gasteiger charge is -2.36. The molecule has 1 spiro atoms. The number of aliphatic hydroxyl groups is 1. The number of allylic oxidation sites excluding steroid dienone is 1. The third-order valence-corrected chi connectivity index (χ3v) is 9.05. The predicted molar refractivity (Wildman–Crippen MR) is 159 cm³/mol. The molecule has 232 valence electrons. The maximum Gasteiger partial charge on any atom is 0.312 e. The molecule has 0 aliphatic carbocycles. The molecule has 2 amide bonds. The summed E-state index contributed by atoms with van der Waals surface area (Å²) >= 11 is 0. The van der Waals surface area contributed by atoms with E-state index in [2.05, 4.69) is 23.5 Å². The van der Waals surface area contributed by atoms with E-state index in [1.165, 1.54) is 0 Å². The predicted octanol–water partition coefficient (Wildman–Crippen LogP) is 3.23. The molecule has 11 heteroatoms. The molecule has 2 unspecified atom stereocenters. The number of nitrogens with zero attached hydrogens (tertiary/aromatic N) is 5. The molecule has 11 nitrogen and oxygen atoms in total. The number of ether oxygens (including phenoxy) is 2. The van der Waals surface area contributed by atoms with Gasteiger partial charge in [-0.3, -0.25) is 14.4 Å². The quantitative estimate of drug-likeness (QED) is 0.168. The summed E-state index contributed by atoms with van der Waals surface area (Å²) in [6.07, 6.45) is 9.57. The molecule has 3 fully saturated rings. The second-order valence-electron chi connectivity index (χ2n) is 11.7. The van der Waals surface area contributed by atoms with Crippen molar-refractivity contribution in [2.24, 2.45) is 11.8 Å². The van der Waals surface area contributed by atoms with Gasteiger partial charge in [0.25, 0.3) is 0 Å². The molecule has 5 atom stereocenters. The van der Waals surface area contributed by atoms with Gasteiger partial charge in [0.05, 0.1) is 30.1 Å². The normalized spacial score (nSPS) is 25.7. The maximum atomic E-state index is 14.5. The fourth-order valence-electron chi connectivity index (χ4n) is 7.08. The Morgan fingerprint density at radius 3 is 2.74 bits per heavy atom. The smallest absolute Gasteiger partial charge is 0.312 e. The first kappa shape index (κ1) is 30.9. The standard InChI is InChI=1S/C32H43N5O6/c1-3-5-6-13-21-42-31(41)26-25-16-17-32(43-25)27(26)29(39)36(19-11-7-8-12-20-38)28(32)30(40)35(18-4-2)22-37-24-15-10-9-14-23(24)33-34-37/h3-4,9-10,14-15,25-28,38H,1-2,5-8,11-13,16-22H2/t25-,26+,27-,28?,32?/m0/s1. The lowest BCUT2D eigenvalue weighted by Crippen LogP contribution is -2.56. The van der Waals surface area contributed by atoms with E-state index in [1.54, 1.807) is 20.6 Å². The van der Waals surface area contributed by atoms with Crippen molar-refractivity contribution in [3.05, 3.63) is 49.6 Å². The summed E-state index contributed by atoms with van der Waals surface area (Å²) < 4.78 is 13.9. The van der Waals surface area contributed by atoms with Crippen molar-refractivity contribution in [1.82, 2.24) is 24.8 Å². The van der Waals surface area contributed by atoms with Crippen molar-refractivity contribution in [1.29, 1.82) is 0 Å². The lowest BCUT2D eigenvalue weighted by molar-refractivity contribution is -0.155. The van der Waals surface area contributed by atoms with E-state index in [9.17, 15) is 19.5 Å². The summed E-state index contributed by atoms with van der Waals surface area (Å²) in [7, 11) is 0. The molecule has 4 heterocycles. The van der Waals surface area contributed by atoms with Gasteiger partial charge >= 0.3 is 5.97 Å². The van der Waals surface area contributed by atoms with Crippen molar-refractivity contribution in [3.63, 3.8) is 0 Å². The Morgan fingerprint density at radius 1 is 1.14 bits per heavy atom. The van der Waals surface area contributed by atoms with Crippen molar-refractivity contribution in [2.45, 2.75) is 82.2 Å². The maximum absolute atomic E-state index is 14.5. The van der Waals surface area contributed by atoms with Gasteiger partial charge in [-0.25, -0.2) is 4.68 Å². The highest BCUT2D eigenvalue weighted by Gasteiger charge is 2.75. The van der Waals surface area contributed by atoms with Gasteiger partial charge < -0.3 is 24.4 Å². The highest BCUT2D eigenvalue weighted by Crippen LogP contribution is 2.58. The van der Waals surface area contributed by atoms with Gasteiger partial charge in [0, 0.05) is 19.7 Å². The topological polar surface area (TPSA) is 127 Å². The second-order valence-corrected chi connectivity index (χ2v) is 11.7. The van der Waals surface area contributed by atoms with Crippen molar-refractivity contribution < 1.29 is 29.0 Å². The average Bonchev–Trinajstić information content (AvgIpc) is 3.76. The monoisotopic (exact) mass is 593 g/mol. The molecular formula is C32H43N5O6. The number of fused-ring (bicyclic) bond motifs is 2. The zero-order chi connectivity index (χ0) is 30.4. The molecule has 3 aliphatic rings. The number of aliphatic hydroxyl groups excluding tert-OH is 1. The minimum atomic E-state index is -1.10. The fraction of sp³-hybridized carbons (Fsp3) is 0.594. The Kier molecular flexibility index (Phi) is 9.92. The van der Waals surface area contributed by atoms with E-state index in [0.29, 0.717) is 38.6 Å². The first-order chi connectivity index (χ1) is 21.0. The third-order valence-electron chi connectivity index (χ3n) is 9.05. The number of unbranched alkanes of at least 4 members (excludes halogenated alkanes) is 5. The van der Waals surface area contributed by atoms with Gasteiger partial charge in [0.1, 0.15) is 23.8 Å². The van der Waals surface area contributed by atoms with Crippen LogP contribution in [0, 0.1) is 11.8 Å². The van der Waals surface area contributed by atoms with Crippen LogP contribution in [0.2, 0.25) is 0 Å². The molecule has 0 saturated carbocycles. The van der Waals surface area contributed by atoms with Gasteiger partial charge in [-0.1, -0.05) is 42.3 Å². The van der Waals surface area contributed by atoms with E-state index in [-0.39, 0.29) is 38.2 Å². The van der Waals surface area contributed by atoms with Crippen LogP contribution in [-0.4, -0.2) is 91.7 Å². The molecule has 3 saturated heterocycles. The minimum absolute atomic E-state index is 0.120. The molecule has 2 bridgehead atoms. The van der Waals surface area contributed by atoms with Crippen LogP contribution < -0.4 is 0 Å². The highest BCUT2D eigenvalue weighted by atomic mass is 16.6. The number of amides is 2. The number of carbonyl (C=O) groups excluding carboxylic acids is 3. The number of rotatable bonds is 17. The summed E-state index contributed by atoms with van der Waals surface area (Å²) in [6, 6.07) is 6.65. The van der Waals surface area contributed by atoms with Crippen LogP contribution in [0.4, 0.5) is 0 Å². The van der Waals surface area contributed by atoms with E-state index in [4.69, 9.17) is 9.47 Å². The number of hydrogen-bond acceptors (Lipinski definition) is 8. The molecule has 1 N–H and O–H groups in total. The number of likely N-dealkylation sites (tertiary alicyclic amines) is 1. The molecule has 2 aromatic rings. The molecule has 1 aromatic carbocycles. The van der Waals surface area contributed by atoms with Crippen molar-refractivity contribution in [3.8, 4) is 0 Å². The first-order valence-electron chi connectivity index (χ1n) is 15.5. The van der Waals surface area contributed by atoms with Crippen LogP contribution in [0.25, 0.3) is 11.0 Å². The van der Waals surface area contributed by atoms with Crippen LogP contribution in [-0.2, 0) is 30.5 Å². The number of hydrogen-bond donors (Lipinski definition) is 1. The number of aromatic nitrogens is 3. The van der Waals surface area contributed by atoms with E-state index in [0.717, 1.165) is 36.7 Å². The molecule has 1 aromatic heterocycles. The molecule has 0 radical (unpaired) electrons. The zero-order valence-electron chi connectivity index (χ0n) is 24.8. The van der Waals surface area contributed by atoms with E-state index in [1.807, 2.05) is 30.3 Å². The van der Waals surface area contributed by atoms with Gasteiger partial charge in [-0.05, 0) is 57.1 Å². The number of para-hydroxylation sites is 1. The van der Waals surface area contributed by atoms with E-state index < -0.39 is 35.6 Å². The van der Waals surface area contributed by atoms with Crippen LogP contribution in [0.1, 0.15) is 57.8 Å². The molecule has 43 heavy (non-hydrogen) atoms. The van der Waals surface area contributed by atoms with Gasteiger partial charge in [-0.2, -0.15) is 0 Å². The number of esters is 1. The first-order valence-corrected chi connectivity index (χ1v) is 15.5. The number of benzene rings is 1. The third kappa shape index (κ3) is 5.97. The minimum Gasteiger partial charge on any atom is -0.465 e. The molecule has 5 rings (SSSR count). The zero-order valence-corrected chi connectivity index (χ0v) is 24.8. The van der Waals surface area contributed by atoms with Gasteiger partial charge in [0.15, 0.2) is 0 Å². The number of carbonyl (C=O) groups is 3. The summed E-state index contributed by atoms with van der Waals surface area (Å²) in [5.41, 5.74) is 0.411. The Bertz CT molecular complexity index is 1330.